The van der Waals surface area contributed by atoms with Crippen LogP contribution in [0.4, 0.5) is 0 Å². The minimum Gasteiger partial charge on any atom is -0.534 e. The van der Waals surface area contributed by atoms with Crippen LogP contribution in [0, 0.1) is 6.58 Å². The zero-order chi connectivity index (χ0) is 4.12. The van der Waals surface area contributed by atoms with Gasteiger partial charge >= 0.3 is 0 Å². The van der Waals surface area contributed by atoms with E-state index in [1.807, 2.05) is 0 Å². The summed E-state index contributed by atoms with van der Waals surface area (Å²) in [5.41, 5.74) is 0. The molecule has 0 unspecified atom stereocenters. The molecule has 0 aromatic carbocycles. The first-order valence-corrected chi connectivity index (χ1v) is 1.26. The van der Waals surface area contributed by atoms with E-state index in [9.17, 15) is 0 Å². The van der Waals surface area contributed by atoms with Gasteiger partial charge in [-0.25, -0.2) is 6.08 Å². The first kappa shape index (κ1) is 9.33. The first-order chi connectivity index (χ1) is 2.41. The molecule has 0 fully saturated rings. The molecule has 1 N–H and O–H groups in total. The van der Waals surface area contributed by atoms with Crippen LogP contribution in [-0.4, -0.2) is 5.11 Å². The number of hydrogen-bond acceptors (Lipinski definition) is 1. The van der Waals surface area contributed by atoms with Crippen molar-refractivity contribution in [3.63, 3.8) is 0 Å². The largest absolute Gasteiger partial charge is 0.534 e. The van der Waals surface area contributed by atoms with Gasteiger partial charge in [-0.05, 0) is 6.26 Å². The Morgan fingerprint density at radius 3 is 2.00 bits per heavy atom. The number of aliphatic hydroxyl groups excluding tert-OH is 1. The number of aliphatic hydroxyl groups is 1. The molecule has 0 aliphatic rings. The van der Waals surface area contributed by atoms with Crippen LogP contribution in [-0.2, 0) is 20.1 Å². The molecule has 37 valence electrons. The van der Waals surface area contributed by atoms with Crippen molar-refractivity contribution in [2.75, 3.05) is 0 Å². The summed E-state index contributed by atoms with van der Waals surface area (Å²) < 4.78 is 0. The molecule has 0 saturated carbocycles. The molecule has 1 nitrogen and oxygen atoms in total. The summed E-state index contributed by atoms with van der Waals surface area (Å²) in [4.78, 5) is 0. The van der Waals surface area contributed by atoms with Crippen LogP contribution < -0.4 is 0 Å². The van der Waals surface area contributed by atoms with Gasteiger partial charge in [-0.1, -0.05) is 0 Å². The van der Waals surface area contributed by atoms with Crippen molar-refractivity contribution in [1.82, 2.24) is 0 Å². The average Bonchev–Trinajstić information content (AvgIpc) is 1.41. The molecule has 0 spiro atoms. The molecule has 0 amide bonds. The van der Waals surface area contributed by atoms with Crippen molar-refractivity contribution in [3.8, 4) is 0 Å². The third kappa shape index (κ3) is 9.06. The minimum atomic E-state index is 0. The van der Waals surface area contributed by atoms with Crippen molar-refractivity contribution in [3.05, 3.63) is 25.0 Å². The summed E-state index contributed by atoms with van der Waals surface area (Å²) in [6, 6.07) is 0. The van der Waals surface area contributed by atoms with Gasteiger partial charge in [0, 0.05) is 20.1 Å². The van der Waals surface area contributed by atoms with Crippen LogP contribution in [0.3, 0.4) is 0 Å². The Kier molecular flexibility index (Phi) is 13.8. The maximum Gasteiger partial charge on any atom is 0 e. The Morgan fingerprint density at radius 2 is 2.00 bits per heavy atom. The molecule has 0 aromatic heterocycles. The van der Waals surface area contributed by atoms with Gasteiger partial charge in [0.05, 0.1) is 0 Å². The fraction of sp³-hybridized carbons (Fsp3) is 0. The fourth-order valence-electron chi connectivity index (χ4n) is 0.0497. The molecule has 0 aliphatic heterocycles. The fourth-order valence-corrected chi connectivity index (χ4v) is 0.0497. The molecule has 0 bridgehead atoms. The summed E-state index contributed by atoms with van der Waals surface area (Å²) in [5, 5.41) is 7.77. The monoisotopic (exact) mass is 262 g/mol. The summed E-state index contributed by atoms with van der Waals surface area (Å²) in [5.74, 6) is 0. The second-order valence-corrected chi connectivity index (χ2v) is 0.534. The molecule has 0 heterocycles. The summed E-state index contributed by atoms with van der Waals surface area (Å²) >= 11 is 0. The van der Waals surface area contributed by atoms with E-state index >= 15 is 0 Å². The van der Waals surface area contributed by atoms with E-state index in [0.717, 1.165) is 6.26 Å². The van der Waals surface area contributed by atoms with Crippen molar-refractivity contribution >= 4 is 0 Å². The predicted octanol–water partition coefficient (Wildman–Crippen LogP) is 1.04. The Bertz CT molecular complexity index is 49.5. The SMILES string of the molecule is [CH-]=C/C=C\O.[Ir]. The van der Waals surface area contributed by atoms with Gasteiger partial charge in [0.25, 0.3) is 0 Å². The molecule has 2 heteroatoms. The van der Waals surface area contributed by atoms with Gasteiger partial charge in [0.15, 0.2) is 0 Å². The number of hydrogen-bond donors (Lipinski definition) is 1. The Balaban J connectivity index is 0. The normalized spacial score (nSPS) is 7.33. The Labute approximate surface area is 50.7 Å². The van der Waals surface area contributed by atoms with Crippen molar-refractivity contribution < 1.29 is 25.2 Å². The molecule has 0 aliphatic carbocycles. The molecular formula is C4H5IrO-. The number of allylic oxidation sites excluding steroid dienone is 2. The van der Waals surface area contributed by atoms with Crippen LogP contribution in [0.2, 0.25) is 0 Å². The molecular weight excluding hydrogens is 256 g/mol. The van der Waals surface area contributed by atoms with Gasteiger partial charge in [-0.15, -0.1) is 0 Å². The van der Waals surface area contributed by atoms with E-state index in [1.165, 1.54) is 12.2 Å². The van der Waals surface area contributed by atoms with E-state index in [0.29, 0.717) is 0 Å². The van der Waals surface area contributed by atoms with Gasteiger partial charge in [-0.2, -0.15) is 6.08 Å². The smallest absolute Gasteiger partial charge is 0 e. The molecule has 0 aromatic rings. The van der Waals surface area contributed by atoms with Crippen molar-refractivity contribution in [2.24, 2.45) is 0 Å². The number of rotatable bonds is 1. The van der Waals surface area contributed by atoms with Crippen molar-refractivity contribution in [1.29, 1.82) is 0 Å². The maximum absolute atomic E-state index is 7.77. The molecule has 0 atom stereocenters. The second-order valence-electron chi connectivity index (χ2n) is 0.534. The predicted molar refractivity (Wildman–Crippen MR) is 20.6 cm³/mol. The van der Waals surface area contributed by atoms with E-state index in [2.05, 4.69) is 0 Å². The third-order valence-electron chi connectivity index (χ3n) is 0.197. The van der Waals surface area contributed by atoms with Crippen LogP contribution in [0.25, 0.3) is 0 Å². The second kappa shape index (κ2) is 8.87. The van der Waals surface area contributed by atoms with E-state index in [-0.39, 0.29) is 20.1 Å². The molecule has 1 radical (unpaired) electrons. The molecule has 0 rings (SSSR count). The Hall–Kier alpha value is -0.0706. The average molecular weight is 261 g/mol. The topological polar surface area (TPSA) is 20.2 Å². The summed E-state index contributed by atoms with van der Waals surface area (Å²) in [7, 11) is 0. The Morgan fingerprint density at radius 1 is 1.50 bits per heavy atom. The van der Waals surface area contributed by atoms with Crippen LogP contribution in [0.1, 0.15) is 0 Å². The van der Waals surface area contributed by atoms with Crippen LogP contribution >= 0.6 is 0 Å². The van der Waals surface area contributed by atoms with Crippen LogP contribution in [0.5, 0.6) is 0 Å². The minimum absolute atomic E-state index is 0. The summed E-state index contributed by atoms with van der Waals surface area (Å²) in [6.45, 7) is 4.77. The van der Waals surface area contributed by atoms with E-state index < -0.39 is 0 Å². The van der Waals surface area contributed by atoms with Gasteiger partial charge in [0.1, 0.15) is 0 Å². The van der Waals surface area contributed by atoms with Crippen LogP contribution in [0.15, 0.2) is 18.4 Å². The molecule has 0 saturated heterocycles. The quantitative estimate of drug-likeness (QED) is 0.425. The zero-order valence-corrected chi connectivity index (χ0v) is 5.49. The van der Waals surface area contributed by atoms with Gasteiger partial charge in [0.2, 0.25) is 0 Å². The summed E-state index contributed by atoms with van der Waals surface area (Å²) in [6.07, 6.45) is 3.46. The van der Waals surface area contributed by atoms with E-state index in [4.69, 9.17) is 11.7 Å². The first-order valence-electron chi connectivity index (χ1n) is 1.26. The molecule has 6 heavy (non-hydrogen) atoms. The standard InChI is InChI=1S/C4H5O.Ir/c1-2-3-4-5;/h1-5H;/q-1;/b4-3-;. The third-order valence-corrected chi connectivity index (χ3v) is 0.197. The van der Waals surface area contributed by atoms with Gasteiger partial charge in [-0.3, -0.25) is 6.58 Å². The van der Waals surface area contributed by atoms with Gasteiger partial charge < -0.3 is 5.11 Å². The zero-order valence-electron chi connectivity index (χ0n) is 3.09. The van der Waals surface area contributed by atoms with E-state index in [1.54, 1.807) is 0 Å². The van der Waals surface area contributed by atoms with Crippen molar-refractivity contribution in [2.45, 2.75) is 0 Å². The maximum atomic E-state index is 7.77.